The molecule has 0 saturated heterocycles. The number of carbonyl (C=O) groups is 2. The third-order valence-corrected chi connectivity index (χ3v) is 2.78. The fourth-order valence-corrected chi connectivity index (χ4v) is 1.81. The topological polar surface area (TPSA) is 107 Å². The molecule has 1 aromatic carbocycles. The van der Waals surface area contributed by atoms with E-state index in [4.69, 9.17) is 0 Å². The number of benzene rings is 1. The van der Waals surface area contributed by atoms with Gasteiger partial charge >= 0.3 is 22.2 Å². The molecule has 0 spiro atoms. The summed E-state index contributed by atoms with van der Waals surface area (Å²) in [7, 11) is -4.51. The molecule has 1 aromatic rings. The molecule has 0 fully saturated rings. The summed E-state index contributed by atoms with van der Waals surface area (Å²) in [5, 5.41) is 9.26. The summed E-state index contributed by atoms with van der Waals surface area (Å²) in [6.45, 7) is 0.911. The van der Waals surface area contributed by atoms with Gasteiger partial charge in [-0.2, -0.15) is 8.42 Å². The van der Waals surface area contributed by atoms with Crippen LogP contribution in [0.5, 0.6) is 5.75 Å². The Kier molecular flexibility index (Phi) is 3.69. The summed E-state index contributed by atoms with van der Waals surface area (Å²) in [5.74, 6) is -1.59. The van der Waals surface area contributed by atoms with Crippen LogP contribution in [0.15, 0.2) is 29.2 Å². The molecule has 0 aromatic heterocycles. The molecule has 0 radical (unpaired) electrons. The molecule has 0 atom stereocenters. The fraction of sp³-hybridized carbons (Fsp3) is 0.111. The monoisotopic (exact) mass is 260 g/mol. The molecule has 0 saturated carbocycles. The van der Waals surface area contributed by atoms with Crippen molar-refractivity contribution in [1.29, 1.82) is 0 Å². The van der Waals surface area contributed by atoms with Crippen molar-refractivity contribution in [2.24, 2.45) is 0 Å². The number of ether oxygens (including phenoxy) is 1. The Morgan fingerprint density at radius 1 is 1.24 bits per heavy atom. The van der Waals surface area contributed by atoms with Crippen molar-refractivity contribution in [1.82, 2.24) is 0 Å². The summed E-state index contributed by atoms with van der Waals surface area (Å²) in [5.41, 5.74) is 0. The Labute approximate surface area is 96.7 Å². The van der Waals surface area contributed by atoms with Crippen LogP contribution in [0.2, 0.25) is 0 Å². The second kappa shape index (κ2) is 4.83. The van der Waals surface area contributed by atoms with E-state index in [1.165, 1.54) is 12.1 Å². The normalized spacial score (nSPS) is 10.6. The van der Waals surface area contributed by atoms with E-state index in [-0.39, 0.29) is 0 Å². The number of hydrogen-bond donors (Lipinski definition) is 1. The van der Waals surface area contributed by atoms with Crippen LogP contribution >= 0.6 is 0 Å². The minimum atomic E-state index is -4.51. The summed E-state index contributed by atoms with van der Waals surface area (Å²) < 4.78 is 30.7. The van der Waals surface area contributed by atoms with Crippen LogP contribution in [0.3, 0.4) is 0 Å². The molecule has 92 valence electrons. The fourth-order valence-electron chi connectivity index (χ4n) is 0.937. The van der Waals surface area contributed by atoms with Gasteiger partial charge in [-0.1, -0.05) is 12.1 Å². The highest BCUT2D eigenvalue weighted by Crippen LogP contribution is 2.23. The lowest BCUT2D eigenvalue weighted by molar-refractivity contribution is -0.136. The SMILES string of the molecule is CC(=O)OC(=O)OS(=O)(=O)c1ccccc1O. The highest BCUT2D eigenvalue weighted by Gasteiger charge is 2.25. The van der Waals surface area contributed by atoms with E-state index in [1.54, 1.807) is 0 Å². The molecule has 1 N–H and O–H groups in total. The van der Waals surface area contributed by atoms with E-state index < -0.39 is 32.9 Å². The van der Waals surface area contributed by atoms with Crippen LogP contribution in [0, 0.1) is 0 Å². The van der Waals surface area contributed by atoms with Crippen molar-refractivity contribution >= 4 is 22.2 Å². The zero-order valence-corrected chi connectivity index (χ0v) is 9.43. The van der Waals surface area contributed by atoms with Gasteiger partial charge in [0.1, 0.15) is 10.6 Å². The van der Waals surface area contributed by atoms with Crippen LogP contribution < -0.4 is 0 Å². The van der Waals surface area contributed by atoms with Gasteiger partial charge in [0.25, 0.3) is 0 Å². The van der Waals surface area contributed by atoms with E-state index in [1.807, 2.05) is 0 Å². The third kappa shape index (κ3) is 3.45. The van der Waals surface area contributed by atoms with Gasteiger partial charge in [0.05, 0.1) is 0 Å². The number of rotatable bonds is 2. The molecule has 0 aliphatic carbocycles. The Morgan fingerprint density at radius 3 is 2.35 bits per heavy atom. The number of aromatic hydroxyl groups is 1. The largest absolute Gasteiger partial charge is 0.532 e. The molecule has 0 heterocycles. The first-order valence-corrected chi connectivity index (χ1v) is 5.68. The molecule has 0 aliphatic rings. The van der Waals surface area contributed by atoms with Gasteiger partial charge in [-0.3, -0.25) is 4.79 Å². The van der Waals surface area contributed by atoms with Gasteiger partial charge in [-0.15, -0.1) is 0 Å². The van der Waals surface area contributed by atoms with Crippen molar-refractivity contribution in [3.8, 4) is 5.75 Å². The van der Waals surface area contributed by atoms with Gasteiger partial charge in [0.2, 0.25) is 0 Å². The van der Waals surface area contributed by atoms with Crippen LogP contribution in [-0.4, -0.2) is 25.6 Å². The maximum atomic E-state index is 11.5. The Hall–Kier alpha value is -2.09. The van der Waals surface area contributed by atoms with Gasteiger partial charge < -0.3 is 14.0 Å². The predicted octanol–water partition coefficient (Wildman–Crippen LogP) is 0.781. The minimum absolute atomic E-state index is 0.580. The van der Waals surface area contributed by atoms with Crippen molar-refractivity contribution in [3.05, 3.63) is 24.3 Å². The molecular weight excluding hydrogens is 252 g/mol. The first-order chi connectivity index (χ1) is 7.83. The second-order valence-electron chi connectivity index (χ2n) is 2.85. The molecule has 0 amide bonds. The van der Waals surface area contributed by atoms with Crippen LogP contribution in [0.4, 0.5) is 4.79 Å². The summed E-state index contributed by atoms with van der Waals surface area (Å²) in [6.07, 6.45) is -1.68. The molecule has 17 heavy (non-hydrogen) atoms. The summed E-state index contributed by atoms with van der Waals surface area (Å²) in [4.78, 5) is 20.6. The zero-order chi connectivity index (χ0) is 13.1. The standard InChI is InChI=1S/C9H8O7S/c1-6(10)15-9(12)16-17(13,14)8-5-3-2-4-7(8)11/h2-5,11H,1H3. The Morgan fingerprint density at radius 2 is 1.82 bits per heavy atom. The maximum Gasteiger partial charge on any atom is 0.532 e. The lowest BCUT2D eigenvalue weighted by Crippen LogP contribution is -2.16. The molecule has 8 heteroatoms. The minimum Gasteiger partial charge on any atom is -0.506 e. The quantitative estimate of drug-likeness (QED) is 0.475. The highest BCUT2D eigenvalue weighted by atomic mass is 32.2. The molecule has 7 nitrogen and oxygen atoms in total. The highest BCUT2D eigenvalue weighted by molar-refractivity contribution is 7.87. The third-order valence-electron chi connectivity index (χ3n) is 1.54. The van der Waals surface area contributed by atoms with Crippen molar-refractivity contribution in [3.63, 3.8) is 0 Å². The van der Waals surface area contributed by atoms with E-state index in [2.05, 4.69) is 8.92 Å². The zero-order valence-electron chi connectivity index (χ0n) is 8.61. The molecule has 0 bridgehead atoms. The number of phenolic OH excluding ortho intramolecular Hbond substituents is 1. The lowest BCUT2D eigenvalue weighted by atomic mass is 10.3. The van der Waals surface area contributed by atoms with Gasteiger partial charge in [-0.25, -0.2) is 4.79 Å². The van der Waals surface area contributed by atoms with Crippen LogP contribution in [0.25, 0.3) is 0 Å². The summed E-state index contributed by atoms with van der Waals surface area (Å²) in [6, 6.07) is 4.85. The Bertz CT molecular complexity index is 546. The van der Waals surface area contributed by atoms with E-state index in [9.17, 15) is 23.1 Å². The second-order valence-corrected chi connectivity index (χ2v) is 4.36. The van der Waals surface area contributed by atoms with Crippen LogP contribution in [0.1, 0.15) is 6.92 Å². The number of phenols is 1. The average Bonchev–Trinajstić information content (AvgIpc) is 2.15. The average molecular weight is 260 g/mol. The van der Waals surface area contributed by atoms with Gasteiger partial charge in [0.15, 0.2) is 0 Å². The van der Waals surface area contributed by atoms with Crippen molar-refractivity contribution in [2.45, 2.75) is 11.8 Å². The molecule has 1 rings (SSSR count). The number of para-hydroxylation sites is 1. The van der Waals surface area contributed by atoms with Gasteiger partial charge in [0, 0.05) is 6.92 Å². The van der Waals surface area contributed by atoms with Crippen molar-refractivity contribution < 1.29 is 32.0 Å². The van der Waals surface area contributed by atoms with E-state index in [0.29, 0.717) is 0 Å². The molecular formula is C9H8O7S. The molecule has 0 aliphatic heterocycles. The first kappa shape index (κ1) is 13.0. The smallest absolute Gasteiger partial charge is 0.506 e. The first-order valence-electron chi connectivity index (χ1n) is 4.28. The number of carbonyl (C=O) groups excluding carboxylic acids is 2. The van der Waals surface area contributed by atoms with E-state index >= 15 is 0 Å². The Balaban J connectivity index is 2.94. The lowest BCUT2D eigenvalue weighted by Gasteiger charge is -2.05. The predicted molar refractivity (Wildman–Crippen MR) is 53.5 cm³/mol. The maximum absolute atomic E-state index is 11.5. The van der Waals surface area contributed by atoms with Gasteiger partial charge in [-0.05, 0) is 12.1 Å². The van der Waals surface area contributed by atoms with E-state index in [0.717, 1.165) is 19.1 Å². The number of esters is 1. The molecule has 0 unspecified atom stereocenters. The van der Waals surface area contributed by atoms with Crippen LogP contribution in [-0.2, 0) is 23.8 Å². The summed E-state index contributed by atoms with van der Waals surface area (Å²) >= 11 is 0. The van der Waals surface area contributed by atoms with Crippen molar-refractivity contribution in [2.75, 3.05) is 0 Å². The number of hydrogen-bond acceptors (Lipinski definition) is 7.